The van der Waals surface area contributed by atoms with Crippen LogP contribution in [0.25, 0.3) is 0 Å². The van der Waals surface area contributed by atoms with Crippen LogP contribution in [0.4, 0.5) is 4.39 Å². The Morgan fingerprint density at radius 1 is 1.55 bits per heavy atom. The number of nitrogen functional groups attached to an aromatic ring is 1. The lowest BCUT2D eigenvalue weighted by molar-refractivity contribution is 0.128. The van der Waals surface area contributed by atoms with Crippen LogP contribution in [-0.4, -0.2) is 48.9 Å². The molecule has 5 heteroatoms. The van der Waals surface area contributed by atoms with Crippen molar-refractivity contribution in [3.05, 3.63) is 35.1 Å². The number of halogens is 1. The first-order valence-electron chi connectivity index (χ1n) is 6.99. The monoisotopic (exact) mass is 278 g/mol. The number of amidine groups is 1. The maximum atomic E-state index is 14.3. The molecule has 1 aliphatic rings. The van der Waals surface area contributed by atoms with Gasteiger partial charge in [0.2, 0.25) is 0 Å². The summed E-state index contributed by atoms with van der Waals surface area (Å²) < 4.78 is 14.3. The lowest BCUT2D eigenvalue weighted by Gasteiger charge is -2.36. The van der Waals surface area contributed by atoms with Gasteiger partial charge in [-0.2, -0.15) is 0 Å². The molecule has 1 unspecified atom stereocenters. The Hall–Kier alpha value is -1.46. The first-order valence-corrected chi connectivity index (χ1v) is 6.99. The molecule has 1 aromatic carbocycles. The fourth-order valence-corrected chi connectivity index (χ4v) is 2.81. The molecule has 3 N–H and O–H groups in total. The second kappa shape index (κ2) is 6.33. The van der Waals surface area contributed by atoms with Gasteiger partial charge in [0.05, 0.1) is 5.56 Å². The number of nitrogens with zero attached hydrogens (tertiary/aromatic N) is 2. The third-order valence-electron chi connectivity index (χ3n) is 4.01. The Morgan fingerprint density at radius 2 is 2.30 bits per heavy atom. The first kappa shape index (κ1) is 14.9. The Labute approximate surface area is 119 Å². The van der Waals surface area contributed by atoms with Gasteiger partial charge in [0, 0.05) is 24.7 Å². The fraction of sp³-hybridized carbons (Fsp3) is 0.533. The average Bonchev–Trinajstić information content (AvgIpc) is 2.40. The number of nitrogens with two attached hydrogens (primary N) is 1. The Kier molecular flexibility index (Phi) is 4.73. The number of benzene rings is 1. The molecule has 1 heterocycles. The van der Waals surface area contributed by atoms with Crippen molar-refractivity contribution in [1.29, 1.82) is 5.41 Å². The van der Waals surface area contributed by atoms with E-state index in [1.54, 1.807) is 18.2 Å². The van der Waals surface area contributed by atoms with Crippen LogP contribution >= 0.6 is 0 Å². The summed E-state index contributed by atoms with van der Waals surface area (Å²) in [7, 11) is 4.15. The van der Waals surface area contributed by atoms with Gasteiger partial charge in [-0.25, -0.2) is 4.39 Å². The molecule has 1 atom stereocenters. The molecule has 20 heavy (non-hydrogen) atoms. The highest BCUT2D eigenvalue weighted by molar-refractivity contribution is 5.95. The van der Waals surface area contributed by atoms with Crippen molar-refractivity contribution in [2.24, 2.45) is 5.73 Å². The predicted octanol–water partition coefficient (Wildman–Crippen LogP) is 1.64. The van der Waals surface area contributed by atoms with E-state index in [1.807, 2.05) is 7.05 Å². The van der Waals surface area contributed by atoms with E-state index in [9.17, 15) is 4.39 Å². The maximum absolute atomic E-state index is 14.3. The van der Waals surface area contributed by atoms with Crippen molar-refractivity contribution >= 4 is 5.84 Å². The molecule has 2 rings (SSSR count). The minimum Gasteiger partial charge on any atom is -0.384 e. The number of hydrogen-bond donors (Lipinski definition) is 2. The van der Waals surface area contributed by atoms with Gasteiger partial charge in [0.15, 0.2) is 0 Å². The summed E-state index contributed by atoms with van der Waals surface area (Å²) in [5.41, 5.74) is 6.19. The zero-order chi connectivity index (χ0) is 14.7. The van der Waals surface area contributed by atoms with Gasteiger partial charge in [0.25, 0.3) is 0 Å². The maximum Gasteiger partial charge on any atom is 0.138 e. The van der Waals surface area contributed by atoms with Gasteiger partial charge in [-0.3, -0.25) is 10.3 Å². The zero-order valence-corrected chi connectivity index (χ0v) is 12.2. The number of hydrogen-bond acceptors (Lipinski definition) is 3. The van der Waals surface area contributed by atoms with Crippen molar-refractivity contribution < 1.29 is 4.39 Å². The molecule has 1 aliphatic heterocycles. The van der Waals surface area contributed by atoms with E-state index >= 15 is 0 Å². The van der Waals surface area contributed by atoms with E-state index in [-0.39, 0.29) is 17.2 Å². The number of rotatable bonds is 4. The van der Waals surface area contributed by atoms with Crippen LogP contribution in [0.15, 0.2) is 18.2 Å². The largest absolute Gasteiger partial charge is 0.384 e. The lowest BCUT2D eigenvalue weighted by Crippen LogP contribution is -2.44. The summed E-state index contributed by atoms with van der Waals surface area (Å²) in [6.07, 6.45) is 2.33. The quantitative estimate of drug-likeness (QED) is 0.650. The Morgan fingerprint density at radius 3 is 2.95 bits per heavy atom. The first-order chi connectivity index (χ1) is 9.49. The van der Waals surface area contributed by atoms with Crippen LogP contribution in [0.3, 0.4) is 0 Å². The summed E-state index contributed by atoms with van der Waals surface area (Å²) in [5.74, 6) is -0.583. The highest BCUT2D eigenvalue weighted by Gasteiger charge is 2.22. The minimum atomic E-state index is -0.365. The van der Waals surface area contributed by atoms with Gasteiger partial charge in [-0.05, 0) is 39.5 Å². The van der Waals surface area contributed by atoms with E-state index in [2.05, 4.69) is 16.8 Å². The summed E-state index contributed by atoms with van der Waals surface area (Å²) in [6.45, 7) is 2.70. The minimum absolute atomic E-state index is 0.191. The molecule has 0 amide bonds. The Balaban J connectivity index is 2.09. The highest BCUT2D eigenvalue weighted by Crippen LogP contribution is 2.19. The smallest absolute Gasteiger partial charge is 0.138 e. The van der Waals surface area contributed by atoms with E-state index < -0.39 is 0 Å². The second-order valence-electron chi connectivity index (χ2n) is 5.67. The zero-order valence-electron chi connectivity index (χ0n) is 12.2. The number of piperidine rings is 1. The Bertz CT molecular complexity index is 489. The molecule has 0 aromatic heterocycles. The number of likely N-dealkylation sites (N-methyl/N-ethyl adjacent to an activating group) is 2. The predicted molar refractivity (Wildman–Crippen MR) is 79.4 cm³/mol. The van der Waals surface area contributed by atoms with Crippen LogP contribution in [0.2, 0.25) is 0 Å². The third-order valence-corrected chi connectivity index (χ3v) is 4.01. The van der Waals surface area contributed by atoms with Gasteiger partial charge in [-0.15, -0.1) is 0 Å². The van der Waals surface area contributed by atoms with Crippen molar-refractivity contribution in [1.82, 2.24) is 9.80 Å². The molecule has 110 valence electrons. The van der Waals surface area contributed by atoms with E-state index in [0.717, 1.165) is 19.5 Å². The molecule has 1 fully saturated rings. The molecule has 4 nitrogen and oxygen atoms in total. The molecule has 0 aliphatic carbocycles. The second-order valence-corrected chi connectivity index (χ2v) is 5.67. The van der Waals surface area contributed by atoms with Crippen molar-refractivity contribution in [2.45, 2.75) is 25.4 Å². The van der Waals surface area contributed by atoms with Gasteiger partial charge < -0.3 is 10.6 Å². The van der Waals surface area contributed by atoms with Crippen molar-refractivity contribution in [3.63, 3.8) is 0 Å². The fourth-order valence-electron chi connectivity index (χ4n) is 2.81. The molecule has 0 saturated carbocycles. The van der Waals surface area contributed by atoms with Crippen LogP contribution < -0.4 is 5.73 Å². The highest BCUT2D eigenvalue weighted by atomic mass is 19.1. The molecule has 0 radical (unpaired) electrons. The van der Waals surface area contributed by atoms with Crippen LogP contribution in [-0.2, 0) is 6.54 Å². The van der Waals surface area contributed by atoms with Gasteiger partial charge >= 0.3 is 0 Å². The number of nitrogens with one attached hydrogen (secondary N) is 1. The summed E-state index contributed by atoms with van der Waals surface area (Å²) >= 11 is 0. The molecule has 1 saturated heterocycles. The summed E-state index contributed by atoms with van der Waals surface area (Å²) in [4.78, 5) is 4.50. The normalized spacial score (nSPS) is 20.3. The summed E-state index contributed by atoms with van der Waals surface area (Å²) in [5, 5.41) is 7.40. The average molecular weight is 278 g/mol. The van der Waals surface area contributed by atoms with Gasteiger partial charge in [0.1, 0.15) is 11.7 Å². The molecular formula is C15H23FN4. The number of likely N-dealkylation sites (tertiary alicyclic amines) is 1. The third kappa shape index (κ3) is 3.35. The van der Waals surface area contributed by atoms with Crippen LogP contribution in [0.1, 0.15) is 24.0 Å². The van der Waals surface area contributed by atoms with Crippen molar-refractivity contribution in [3.8, 4) is 0 Å². The van der Waals surface area contributed by atoms with E-state index in [0.29, 0.717) is 18.2 Å². The van der Waals surface area contributed by atoms with Gasteiger partial charge in [-0.1, -0.05) is 12.1 Å². The standard InChI is InChI=1S/C15H23FN4/c1-19-8-4-6-12(10-19)20(2)9-11-5-3-7-13(14(11)16)15(17)18/h3,5,7,12H,4,6,8-10H2,1-2H3,(H3,17,18). The topological polar surface area (TPSA) is 56.4 Å². The van der Waals surface area contributed by atoms with Crippen molar-refractivity contribution in [2.75, 3.05) is 27.2 Å². The SMILES string of the molecule is CN1CCCC(N(C)Cc2cccc(C(=N)N)c2F)C1. The van der Waals surface area contributed by atoms with Crippen LogP contribution in [0.5, 0.6) is 0 Å². The molecular weight excluding hydrogens is 255 g/mol. The van der Waals surface area contributed by atoms with Crippen LogP contribution in [0, 0.1) is 11.2 Å². The van der Waals surface area contributed by atoms with E-state index in [4.69, 9.17) is 11.1 Å². The summed E-state index contributed by atoms with van der Waals surface area (Å²) in [6, 6.07) is 5.53. The molecule has 0 bridgehead atoms. The molecule has 1 aromatic rings. The molecule has 0 spiro atoms. The van der Waals surface area contributed by atoms with E-state index in [1.165, 1.54) is 6.42 Å². The lowest BCUT2D eigenvalue weighted by atomic mass is 10.0.